The van der Waals surface area contributed by atoms with Gasteiger partial charge in [-0.25, -0.2) is 0 Å². The van der Waals surface area contributed by atoms with Gasteiger partial charge in [-0.3, -0.25) is 0 Å². The van der Waals surface area contributed by atoms with E-state index in [2.05, 4.69) is 55.4 Å². The molecule has 1 aliphatic rings. The van der Waals surface area contributed by atoms with Gasteiger partial charge in [0.2, 0.25) is 8.32 Å². The van der Waals surface area contributed by atoms with Crippen molar-refractivity contribution in [3.63, 3.8) is 0 Å². The first kappa shape index (κ1) is 27.3. The molecule has 1 aromatic carbocycles. The second-order valence-electron chi connectivity index (χ2n) is 10.4. The van der Waals surface area contributed by atoms with Crippen LogP contribution in [0, 0.1) is 11.8 Å². The maximum atomic E-state index is 10.1. The lowest BCUT2D eigenvalue weighted by Gasteiger charge is -2.48. The maximum absolute atomic E-state index is 10.1. The Hall–Kier alpha value is -0.923. The highest BCUT2D eigenvalue weighted by atomic mass is 28.4. The zero-order valence-corrected chi connectivity index (χ0v) is 22.6. The Morgan fingerprint density at radius 2 is 1.53 bits per heavy atom. The molecule has 0 unspecified atom stereocenters. The molecule has 184 valence electrons. The van der Waals surface area contributed by atoms with Crippen LogP contribution in [0.15, 0.2) is 24.3 Å². The quantitative estimate of drug-likeness (QED) is 0.386. The minimum Gasteiger partial charge on any atom is -0.497 e. The summed E-state index contributed by atoms with van der Waals surface area (Å²) in [4.78, 5) is 0. The molecule has 32 heavy (non-hydrogen) atoms. The smallest absolute Gasteiger partial charge is 0.200 e. The zero-order chi connectivity index (χ0) is 24.1. The minimum atomic E-state index is -2.10. The lowest BCUT2D eigenvalue weighted by atomic mass is 9.88. The van der Waals surface area contributed by atoms with Gasteiger partial charge in [-0.1, -0.05) is 67.5 Å². The molecule has 0 aromatic heterocycles. The molecule has 0 saturated carbocycles. The van der Waals surface area contributed by atoms with Crippen LogP contribution in [0.5, 0.6) is 5.75 Å². The van der Waals surface area contributed by atoms with E-state index in [4.69, 9.17) is 18.6 Å². The standard InChI is InChI=1S/C26H46O5Si/c1-17(2)32(18(3)4,19(5)6)31-25(20(7)16-27)21(8)24-14-15-29-26(30-24)22-10-12-23(28-9)13-11-22/h10-13,17-21,24-27H,14-16H2,1-9H3/t20-,21+,24+,25-,26+/m1/s1. The first-order valence-corrected chi connectivity index (χ1v) is 14.4. The van der Waals surface area contributed by atoms with Crippen molar-refractivity contribution in [1.29, 1.82) is 0 Å². The molecule has 2 rings (SSSR count). The first-order chi connectivity index (χ1) is 15.1. The number of aliphatic hydroxyl groups excluding tert-OH is 1. The second kappa shape index (κ2) is 12.0. The molecule has 0 bridgehead atoms. The first-order valence-electron chi connectivity index (χ1n) is 12.3. The molecule has 0 aliphatic carbocycles. The number of aliphatic hydroxyl groups is 1. The fourth-order valence-electron chi connectivity index (χ4n) is 5.58. The Balaban J connectivity index is 2.26. The van der Waals surface area contributed by atoms with E-state index in [0.29, 0.717) is 23.2 Å². The van der Waals surface area contributed by atoms with Crippen LogP contribution in [0.25, 0.3) is 0 Å². The van der Waals surface area contributed by atoms with E-state index in [1.807, 2.05) is 24.3 Å². The Labute approximate surface area is 196 Å². The third-order valence-electron chi connectivity index (χ3n) is 7.36. The number of ether oxygens (including phenoxy) is 3. The van der Waals surface area contributed by atoms with Crippen molar-refractivity contribution < 1.29 is 23.7 Å². The molecule has 0 spiro atoms. The van der Waals surface area contributed by atoms with Gasteiger partial charge in [0.15, 0.2) is 6.29 Å². The number of hydrogen-bond acceptors (Lipinski definition) is 5. The lowest BCUT2D eigenvalue weighted by molar-refractivity contribution is -0.236. The van der Waals surface area contributed by atoms with Gasteiger partial charge in [-0.15, -0.1) is 0 Å². The van der Waals surface area contributed by atoms with Gasteiger partial charge in [0.25, 0.3) is 0 Å². The van der Waals surface area contributed by atoms with Crippen LogP contribution in [0.1, 0.15) is 73.7 Å². The molecule has 0 radical (unpaired) electrons. The zero-order valence-electron chi connectivity index (χ0n) is 21.6. The largest absolute Gasteiger partial charge is 0.497 e. The molecule has 5 atom stereocenters. The molecule has 5 nitrogen and oxygen atoms in total. The number of rotatable bonds is 11. The van der Waals surface area contributed by atoms with Crippen molar-refractivity contribution >= 4 is 8.32 Å². The van der Waals surface area contributed by atoms with Crippen LogP contribution in [0.2, 0.25) is 16.6 Å². The van der Waals surface area contributed by atoms with Crippen LogP contribution in [-0.2, 0) is 13.9 Å². The molecule has 1 fully saturated rings. The fraction of sp³-hybridized carbons (Fsp3) is 0.769. The summed E-state index contributed by atoms with van der Waals surface area (Å²) in [5.41, 5.74) is 2.47. The number of methoxy groups -OCH3 is 1. The number of benzene rings is 1. The highest BCUT2D eigenvalue weighted by Gasteiger charge is 2.49. The van der Waals surface area contributed by atoms with Gasteiger partial charge >= 0.3 is 0 Å². The minimum absolute atomic E-state index is 0.00744. The van der Waals surface area contributed by atoms with Gasteiger partial charge in [-0.2, -0.15) is 0 Å². The Morgan fingerprint density at radius 3 is 2.00 bits per heavy atom. The summed E-state index contributed by atoms with van der Waals surface area (Å²) in [6.45, 7) is 18.9. The van der Waals surface area contributed by atoms with Gasteiger partial charge in [0, 0.05) is 24.0 Å². The summed E-state index contributed by atoms with van der Waals surface area (Å²) in [7, 11) is -0.435. The molecule has 1 saturated heterocycles. The summed E-state index contributed by atoms with van der Waals surface area (Å²) in [5, 5.41) is 10.1. The fourth-order valence-corrected chi connectivity index (χ4v) is 11.3. The second-order valence-corrected chi connectivity index (χ2v) is 15.8. The van der Waals surface area contributed by atoms with Crippen molar-refractivity contribution in [1.82, 2.24) is 0 Å². The van der Waals surface area contributed by atoms with Gasteiger partial charge in [-0.05, 0) is 35.2 Å². The van der Waals surface area contributed by atoms with Crippen molar-refractivity contribution in [2.75, 3.05) is 20.3 Å². The highest BCUT2D eigenvalue weighted by Crippen LogP contribution is 2.45. The van der Waals surface area contributed by atoms with Crippen molar-refractivity contribution in [2.24, 2.45) is 11.8 Å². The molecule has 6 heteroatoms. The van der Waals surface area contributed by atoms with Crippen molar-refractivity contribution in [2.45, 2.75) is 96.9 Å². The monoisotopic (exact) mass is 466 g/mol. The molecular weight excluding hydrogens is 420 g/mol. The van der Waals surface area contributed by atoms with E-state index in [9.17, 15) is 5.11 Å². The van der Waals surface area contributed by atoms with E-state index < -0.39 is 14.6 Å². The van der Waals surface area contributed by atoms with Crippen LogP contribution in [0.4, 0.5) is 0 Å². The highest BCUT2D eigenvalue weighted by molar-refractivity contribution is 6.77. The predicted octanol–water partition coefficient (Wildman–Crippen LogP) is 6.32. The Morgan fingerprint density at radius 1 is 0.969 bits per heavy atom. The van der Waals surface area contributed by atoms with Crippen LogP contribution in [-0.4, -0.2) is 46.0 Å². The molecular formula is C26H46O5Si. The predicted molar refractivity (Wildman–Crippen MR) is 133 cm³/mol. The van der Waals surface area contributed by atoms with Crippen LogP contribution < -0.4 is 4.74 Å². The van der Waals surface area contributed by atoms with Gasteiger partial charge in [0.05, 0.1) is 25.9 Å². The third-order valence-corrected chi connectivity index (χ3v) is 13.5. The number of hydrogen-bond donors (Lipinski definition) is 1. The Bertz CT molecular complexity index is 654. The summed E-state index contributed by atoms with van der Waals surface area (Å²) >= 11 is 0. The summed E-state index contributed by atoms with van der Waals surface area (Å²) in [5.74, 6) is 1.00. The van der Waals surface area contributed by atoms with E-state index >= 15 is 0 Å². The van der Waals surface area contributed by atoms with Gasteiger partial charge < -0.3 is 23.7 Å². The van der Waals surface area contributed by atoms with Crippen molar-refractivity contribution in [3.05, 3.63) is 29.8 Å². The van der Waals surface area contributed by atoms with Crippen LogP contribution >= 0.6 is 0 Å². The SMILES string of the molecule is COc1ccc([C@H]2OCC[C@@H]([C@H](C)[C@H](O[Si](C(C)C)(C(C)C)C(C)C)[C@H](C)CO)O2)cc1. The molecule has 1 aromatic rings. The van der Waals surface area contributed by atoms with E-state index in [1.165, 1.54) is 0 Å². The molecule has 1 heterocycles. The molecule has 0 amide bonds. The third kappa shape index (κ3) is 5.95. The van der Waals surface area contributed by atoms with Crippen molar-refractivity contribution in [3.8, 4) is 5.75 Å². The van der Waals surface area contributed by atoms with E-state index in [0.717, 1.165) is 17.7 Å². The summed E-state index contributed by atoms with van der Waals surface area (Å²) < 4.78 is 24.9. The molecule has 1 aliphatic heterocycles. The topological polar surface area (TPSA) is 57.2 Å². The van der Waals surface area contributed by atoms with E-state index in [-0.39, 0.29) is 30.7 Å². The Kier molecular flexibility index (Phi) is 10.2. The summed E-state index contributed by atoms with van der Waals surface area (Å²) in [6.07, 6.45) is 0.381. The lowest BCUT2D eigenvalue weighted by Crippen LogP contribution is -2.54. The average Bonchev–Trinajstić information content (AvgIpc) is 2.78. The molecule has 1 N–H and O–H groups in total. The average molecular weight is 467 g/mol. The van der Waals surface area contributed by atoms with E-state index in [1.54, 1.807) is 7.11 Å². The maximum Gasteiger partial charge on any atom is 0.200 e. The van der Waals surface area contributed by atoms with Gasteiger partial charge in [0.1, 0.15) is 5.75 Å². The summed E-state index contributed by atoms with van der Waals surface area (Å²) in [6, 6.07) is 7.86. The van der Waals surface area contributed by atoms with Crippen LogP contribution in [0.3, 0.4) is 0 Å². The normalized spacial score (nSPS) is 22.9.